The van der Waals surface area contributed by atoms with Gasteiger partial charge in [0, 0.05) is 10.8 Å². The summed E-state index contributed by atoms with van der Waals surface area (Å²) in [5.74, 6) is 0. The van der Waals surface area contributed by atoms with Crippen LogP contribution >= 0.6 is 0 Å². The van der Waals surface area contributed by atoms with Crippen LogP contribution in [0.4, 0.5) is 0 Å². The van der Waals surface area contributed by atoms with Crippen molar-refractivity contribution in [3.05, 3.63) is 169 Å². The molecule has 0 unspecified atom stereocenters. The van der Waals surface area contributed by atoms with Gasteiger partial charge in [-0.15, -0.1) is 0 Å². The molecule has 0 atom stereocenters. The summed E-state index contributed by atoms with van der Waals surface area (Å²) < 4.78 is 141. The Morgan fingerprint density at radius 3 is 1.77 bits per heavy atom. The second kappa shape index (κ2) is 10.2. The van der Waals surface area contributed by atoms with Crippen molar-refractivity contribution >= 4 is 65.0 Å². The number of benzene rings is 9. The fourth-order valence-corrected chi connectivity index (χ4v) is 6.76. The van der Waals surface area contributed by atoms with Crippen LogP contribution in [0.25, 0.3) is 98.4 Å². The van der Waals surface area contributed by atoms with E-state index >= 15 is 0 Å². The molecule has 0 saturated carbocycles. The van der Waals surface area contributed by atoms with Crippen molar-refractivity contribution in [3.63, 3.8) is 0 Å². The maximum absolute atomic E-state index is 9.43. The molecule has 0 spiro atoms. The van der Waals surface area contributed by atoms with Gasteiger partial charge in [0.05, 0.1) is 20.6 Å². The first-order chi connectivity index (χ1) is 29.5. The van der Waals surface area contributed by atoms with Crippen LogP contribution in [0.15, 0.2) is 174 Å². The lowest BCUT2D eigenvalue weighted by Gasteiger charge is -2.19. The maximum Gasteiger partial charge on any atom is 0.136 e. The fourth-order valence-electron chi connectivity index (χ4n) is 6.76. The smallest absolute Gasteiger partial charge is 0.136 e. The third kappa shape index (κ3) is 3.97. The summed E-state index contributed by atoms with van der Waals surface area (Å²) in [6, 6.07) is 14.4. The van der Waals surface area contributed by atoms with Crippen LogP contribution in [0.2, 0.25) is 0 Å². The van der Waals surface area contributed by atoms with Crippen LogP contribution in [0, 0.1) is 0 Å². The monoisotopic (exact) mass is 611 g/mol. The minimum atomic E-state index is -0.758. The molecule has 1 nitrogen and oxygen atoms in total. The Kier molecular flexibility index (Phi) is 3.33. The fraction of sp³-hybridized carbons (Fsp3) is 0. The van der Waals surface area contributed by atoms with Gasteiger partial charge >= 0.3 is 0 Å². The van der Waals surface area contributed by atoms with E-state index in [1.54, 1.807) is 18.2 Å². The summed E-state index contributed by atoms with van der Waals surface area (Å²) in [6.07, 6.45) is 0. The number of hydrogen-bond acceptors (Lipinski definition) is 1. The second-order valence-corrected chi connectivity index (χ2v) is 11.3. The van der Waals surface area contributed by atoms with E-state index in [0.29, 0.717) is 22.3 Å². The molecule has 0 aliphatic heterocycles. The minimum absolute atomic E-state index is 0.0239. The maximum atomic E-state index is 9.43. The summed E-state index contributed by atoms with van der Waals surface area (Å²) in [4.78, 5) is 0. The largest absolute Gasteiger partial charge is 0.456 e. The number of hydrogen-bond donors (Lipinski definition) is 0. The molecule has 9 aromatic carbocycles. The molecule has 0 saturated heterocycles. The molecule has 1 heterocycles. The molecule has 10 rings (SSSR count). The quantitative estimate of drug-likeness (QED) is 0.181. The average molecular weight is 612 g/mol. The third-order valence-corrected chi connectivity index (χ3v) is 8.76. The van der Waals surface area contributed by atoms with Crippen LogP contribution in [0.3, 0.4) is 0 Å². The molecule has 1 heteroatoms. The van der Waals surface area contributed by atoms with Gasteiger partial charge < -0.3 is 4.42 Å². The molecule has 0 aliphatic rings. The minimum Gasteiger partial charge on any atom is -0.456 e. The molecule has 47 heavy (non-hydrogen) atoms. The molecule has 1 aromatic heterocycles. The Bertz CT molecular complexity index is 3620. The lowest BCUT2D eigenvalue weighted by molar-refractivity contribution is 0.669. The predicted molar refractivity (Wildman–Crippen MR) is 200 cm³/mol. The lowest BCUT2D eigenvalue weighted by atomic mass is 9.84. The van der Waals surface area contributed by atoms with Crippen molar-refractivity contribution in [2.75, 3.05) is 0 Å². The van der Waals surface area contributed by atoms with Gasteiger partial charge in [-0.2, -0.15) is 0 Å². The van der Waals surface area contributed by atoms with Gasteiger partial charge in [0.15, 0.2) is 0 Å². The van der Waals surface area contributed by atoms with Crippen molar-refractivity contribution in [2.24, 2.45) is 0 Å². The molecule has 10 aromatic rings. The lowest BCUT2D eigenvalue weighted by Crippen LogP contribution is -1.92. The van der Waals surface area contributed by atoms with E-state index in [2.05, 4.69) is 6.07 Å². The average Bonchev–Trinajstić information content (AvgIpc) is 3.64. The Labute approximate surface area is 293 Å². The van der Waals surface area contributed by atoms with Crippen molar-refractivity contribution in [1.29, 1.82) is 0 Å². The molecule has 218 valence electrons. The second-order valence-electron chi connectivity index (χ2n) is 11.3. The highest BCUT2D eigenvalue weighted by atomic mass is 16.3. The highest BCUT2D eigenvalue weighted by Gasteiger charge is 2.19. The molecule has 0 bridgehead atoms. The van der Waals surface area contributed by atoms with Crippen molar-refractivity contribution in [2.45, 2.75) is 0 Å². The SMILES string of the molecule is [2H]c1c([2H])c([2H])c2c(-c3c4c([2H])c([2H])c([2H])c([2H])c4c(-c4cccc(-c5cccc6oc7cc8ccccc8cc7c56)c4)c4c([2H])c([2H])c([2H])c([2H])c34)c([2H])c([2H])c([2H])c2c1[2H]. The zero-order chi connectivity index (χ0) is 44.0. The summed E-state index contributed by atoms with van der Waals surface area (Å²) in [5, 5.41) is 1.85. The van der Waals surface area contributed by atoms with Crippen LogP contribution in [-0.4, -0.2) is 0 Å². The summed E-state index contributed by atoms with van der Waals surface area (Å²) in [6.45, 7) is 0. The normalized spacial score (nSPS) is 16.3. The van der Waals surface area contributed by atoms with E-state index in [0.717, 1.165) is 27.1 Å². The highest BCUT2D eigenvalue weighted by molar-refractivity contribution is 6.24. The van der Waals surface area contributed by atoms with Gasteiger partial charge in [-0.25, -0.2) is 0 Å². The zero-order valence-corrected chi connectivity index (χ0v) is 24.4. The highest BCUT2D eigenvalue weighted by Crippen LogP contribution is 2.46. The Morgan fingerprint density at radius 1 is 0.383 bits per heavy atom. The molecule has 0 N–H and O–H groups in total. The first-order valence-corrected chi connectivity index (χ1v) is 15.0. The van der Waals surface area contributed by atoms with Crippen LogP contribution in [0.1, 0.15) is 20.6 Å². The zero-order valence-electron chi connectivity index (χ0n) is 39.4. The summed E-state index contributed by atoms with van der Waals surface area (Å²) >= 11 is 0. The number of fused-ring (bicyclic) bond motifs is 7. The van der Waals surface area contributed by atoms with Gasteiger partial charge in [-0.3, -0.25) is 0 Å². The summed E-state index contributed by atoms with van der Waals surface area (Å²) in [5.41, 5.74) is 2.23. The van der Waals surface area contributed by atoms with Crippen molar-refractivity contribution in [3.8, 4) is 33.4 Å². The van der Waals surface area contributed by atoms with E-state index in [1.807, 2.05) is 54.6 Å². The van der Waals surface area contributed by atoms with Crippen LogP contribution in [0.5, 0.6) is 0 Å². The van der Waals surface area contributed by atoms with Gasteiger partial charge in [-0.1, -0.05) is 145 Å². The number of furan rings is 1. The molecular weight excluding hydrogens is 569 g/mol. The number of rotatable bonds is 3. The van der Waals surface area contributed by atoms with Crippen LogP contribution < -0.4 is 0 Å². The van der Waals surface area contributed by atoms with E-state index in [9.17, 15) is 6.85 Å². The Hall–Kier alpha value is -6.18. The summed E-state index contributed by atoms with van der Waals surface area (Å²) in [7, 11) is 0. The first-order valence-electron chi connectivity index (χ1n) is 22.5. The molecule has 0 aliphatic carbocycles. The van der Waals surface area contributed by atoms with Gasteiger partial charge in [0.2, 0.25) is 0 Å². The molecule has 0 radical (unpaired) electrons. The van der Waals surface area contributed by atoms with Gasteiger partial charge in [0.1, 0.15) is 11.2 Å². The standard InChI is InChI=1S/C46H28O/c1-2-14-31-28-43-41(27-30(31)13-1)46-35(23-11-25-42(46)47-43)32-16-9-17-33(26-32)44-37-19-5-7-21-39(37)45(40-22-8-6-20-38(40)44)36-24-10-15-29-12-3-4-18-34(29)36/h1-28H/i3D,4D,5D,6D,7D,8D,10D,12D,15D,18D,19D,20D,21D,22D,24D. The van der Waals surface area contributed by atoms with E-state index in [-0.39, 0.29) is 32.7 Å². The van der Waals surface area contributed by atoms with Gasteiger partial charge in [0.25, 0.3) is 0 Å². The third-order valence-electron chi connectivity index (χ3n) is 8.76. The van der Waals surface area contributed by atoms with Crippen molar-refractivity contribution in [1.82, 2.24) is 0 Å². The van der Waals surface area contributed by atoms with E-state index in [1.165, 1.54) is 0 Å². The first kappa shape index (κ1) is 15.4. The molecule has 0 fully saturated rings. The topological polar surface area (TPSA) is 13.1 Å². The molecule has 0 amide bonds. The van der Waals surface area contributed by atoms with Crippen LogP contribution in [-0.2, 0) is 0 Å². The van der Waals surface area contributed by atoms with Gasteiger partial charge in [-0.05, 0) is 101 Å². The van der Waals surface area contributed by atoms with E-state index < -0.39 is 107 Å². The predicted octanol–water partition coefficient (Wildman–Crippen LogP) is 13.2. The van der Waals surface area contributed by atoms with E-state index in [4.69, 9.17) is 18.1 Å². The molecular formula is C46H28O. The van der Waals surface area contributed by atoms with Crippen molar-refractivity contribution < 1.29 is 25.0 Å². The Balaban J connectivity index is 1.41. The Morgan fingerprint density at radius 2 is 1.00 bits per heavy atom.